The predicted molar refractivity (Wildman–Crippen MR) is 130 cm³/mol. The maximum absolute atomic E-state index is 13.2. The minimum atomic E-state index is -0.180. The van der Waals surface area contributed by atoms with Gasteiger partial charge in [0, 0.05) is 6.54 Å². The van der Waals surface area contributed by atoms with Crippen molar-refractivity contribution in [2.45, 2.75) is 32.0 Å². The molecule has 1 aromatic heterocycles. The number of aryl methyl sites for hydroxylation is 2. The first-order chi connectivity index (χ1) is 15.5. The van der Waals surface area contributed by atoms with E-state index in [1.807, 2.05) is 86.6 Å². The van der Waals surface area contributed by atoms with E-state index in [4.69, 9.17) is 0 Å². The number of thioether (sulfide) groups is 1. The molecule has 0 aliphatic heterocycles. The largest absolute Gasteiger partial charge is 0.351 e. The van der Waals surface area contributed by atoms with Gasteiger partial charge in [0.25, 0.3) is 5.56 Å². The molecule has 3 aromatic carbocycles. The van der Waals surface area contributed by atoms with Crippen molar-refractivity contribution in [3.63, 3.8) is 0 Å². The summed E-state index contributed by atoms with van der Waals surface area (Å²) in [6.45, 7) is 4.98. The minimum absolute atomic E-state index is 0.127. The van der Waals surface area contributed by atoms with Crippen LogP contribution in [0, 0.1) is 13.8 Å². The highest BCUT2D eigenvalue weighted by Gasteiger charge is 2.14. The van der Waals surface area contributed by atoms with E-state index in [-0.39, 0.29) is 17.2 Å². The molecule has 0 radical (unpaired) electrons. The maximum Gasteiger partial charge on any atom is 0.283 e. The lowest BCUT2D eigenvalue weighted by atomic mass is 10.1. The number of amides is 1. The smallest absolute Gasteiger partial charge is 0.283 e. The molecular formula is C26H25N3O2S. The van der Waals surface area contributed by atoms with E-state index in [9.17, 15) is 9.59 Å². The second-order valence-corrected chi connectivity index (χ2v) is 8.74. The van der Waals surface area contributed by atoms with Crippen LogP contribution in [0.15, 0.2) is 82.6 Å². The van der Waals surface area contributed by atoms with E-state index in [1.54, 1.807) is 4.57 Å². The van der Waals surface area contributed by atoms with Crippen LogP contribution in [0.3, 0.4) is 0 Å². The number of benzene rings is 3. The van der Waals surface area contributed by atoms with E-state index in [0.717, 1.165) is 27.7 Å². The molecule has 1 amide bonds. The molecular weight excluding hydrogens is 418 g/mol. The molecule has 4 rings (SSSR count). The Morgan fingerprint density at radius 3 is 2.47 bits per heavy atom. The zero-order chi connectivity index (χ0) is 22.5. The molecule has 1 N–H and O–H groups in total. The first kappa shape index (κ1) is 21.8. The number of para-hydroxylation sites is 2. The number of nitrogens with zero attached hydrogens (tertiary/aromatic N) is 2. The first-order valence-electron chi connectivity index (χ1n) is 10.5. The summed E-state index contributed by atoms with van der Waals surface area (Å²) >= 11 is 1.18. The lowest BCUT2D eigenvalue weighted by Gasteiger charge is -2.13. The Morgan fingerprint density at radius 1 is 0.969 bits per heavy atom. The molecule has 0 aliphatic rings. The summed E-state index contributed by atoms with van der Waals surface area (Å²) in [6, 6.07) is 23.7. The number of nitrogens with one attached hydrogen (secondary N) is 1. The minimum Gasteiger partial charge on any atom is -0.351 e. The number of carbonyl (C=O) groups is 1. The predicted octanol–water partition coefficient (Wildman–Crippen LogP) is 4.47. The molecule has 5 nitrogen and oxygen atoms in total. The molecule has 0 atom stereocenters. The van der Waals surface area contributed by atoms with E-state index in [0.29, 0.717) is 18.1 Å². The van der Waals surface area contributed by atoms with Crippen LogP contribution in [0.25, 0.3) is 11.0 Å². The Bertz CT molecular complexity index is 1310. The van der Waals surface area contributed by atoms with Gasteiger partial charge in [0.15, 0.2) is 5.03 Å². The fourth-order valence-corrected chi connectivity index (χ4v) is 4.25. The molecule has 0 fully saturated rings. The van der Waals surface area contributed by atoms with Gasteiger partial charge in [-0.05, 0) is 42.7 Å². The van der Waals surface area contributed by atoms with Crippen LogP contribution in [0.1, 0.15) is 22.3 Å². The van der Waals surface area contributed by atoms with Gasteiger partial charge in [0.2, 0.25) is 5.91 Å². The molecule has 0 unspecified atom stereocenters. The summed E-state index contributed by atoms with van der Waals surface area (Å²) in [7, 11) is 0. The van der Waals surface area contributed by atoms with Crippen molar-refractivity contribution in [2.75, 3.05) is 5.75 Å². The third-order valence-corrected chi connectivity index (χ3v) is 6.31. The fourth-order valence-electron chi connectivity index (χ4n) is 3.48. The first-order valence-corrected chi connectivity index (χ1v) is 11.5. The van der Waals surface area contributed by atoms with Crippen LogP contribution < -0.4 is 10.9 Å². The molecule has 162 valence electrons. The Balaban J connectivity index is 1.53. The SMILES string of the molecule is Cc1ccc(Cn2c(=O)c(SCC(=O)NCc3ccccc3C)nc3ccccc32)cc1. The van der Waals surface area contributed by atoms with Crippen molar-refractivity contribution in [1.82, 2.24) is 14.9 Å². The molecule has 0 aliphatic carbocycles. The Kier molecular flexibility index (Phi) is 6.71. The van der Waals surface area contributed by atoms with Crippen molar-refractivity contribution in [3.05, 3.63) is 105 Å². The van der Waals surface area contributed by atoms with Gasteiger partial charge in [-0.2, -0.15) is 0 Å². The molecule has 32 heavy (non-hydrogen) atoms. The van der Waals surface area contributed by atoms with Crippen LogP contribution in [0.4, 0.5) is 0 Å². The number of rotatable bonds is 7. The Labute approximate surface area is 191 Å². The number of hydrogen-bond donors (Lipinski definition) is 1. The quantitative estimate of drug-likeness (QED) is 0.428. The summed E-state index contributed by atoms with van der Waals surface area (Å²) in [5, 5.41) is 3.27. The average molecular weight is 444 g/mol. The van der Waals surface area contributed by atoms with Gasteiger partial charge < -0.3 is 5.32 Å². The zero-order valence-corrected chi connectivity index (χ0v) is 19.0. The lowest BCUT2D eigenvalue weighted by Crippen LogP contribution is -2.27. The highest BCUT2D eigenvalue weighted by molar-refractivity contribution is 7.99. The van der Waals surface area contributed by atoms with Gasteiger partial charge in [-0.1, -0.05) is 78.0 Å². The van der Waals surface area contributed by atoms with Gasteiger partial charge in [-0.25, -0.2) is 4.98 Å². The molecule has 4 aromatic rings. The van der Waals surface area contributed by atoms with Crippen molar-refractivity contribution in [2.24, 2.45) is 0 Å². The normalized spacial score (nSPS) is 10.9. The third kappa shape index (κ3) is 5.08. The van der Waals surface area contributed by atoms with Crippen molar-refractivity contribution in [3.8, 4) is 0 Å². The van der Waals surface area contributed by atoms with Gasteiger partial charge in [-0.15, -0.1) is 0 Å². The second-order valence-electron chi connectivity index (χ2n) is 7.77. The van der Waals surface area contributed by atoms with Gasteiger partial charge in [-0.3, -0.25) is 14.2 Å². The monoisotopic (exact) mass is 443 g/mol. The van der Waals surface area contributed by atoms with Gasteiger partial charge in [0.1, 0.15) is 0 Å². The van der Waals surface area contributed by atoms with Crippen molar-refractivity contribution < 1.29 is 4.79 Å². The summed E-state index contributed by atoms with van der Waals surface area (Å²) < 4.78 is 1.74. The summed E-state index contributed by atoms with van der Waals surface area (Å²) in [4.78, 5) is 30.2. The molecule has 0 bridgehead atoms. The molecule has 0 spiro atoms. The third-order valence-electron chi connectivity index (χ3n) is 5.36. The van der Waals surface area contributed by atoms with Gasteiger partial charge in [0.05, 0.1) is 23.3 Å². The van der Waals surface area contributed by atoms with Crippen LogP contribution in [0.5, 0.6) is 0 Å². The number of aromatic nitrogens is 2. The zero-order valence-electron chi connectivity index (χ0n) is 18.2. The van der Waals surface area contributed by atoms with E-state index in [1.165, 1.54) is 17.3 Å². The summed E-state index contributed by atoms with van der Waals surface area (Å²) in [5.74, 6) is 0.00877. The van der Waals surface area contributed by atoms with Crippen molar-refractivity contribution >= 4 is 28.7 Å². The van der Waals surface area contributed by atoms with Crippen LogP contribution in [0.2, 0.25) is 0 Å². The topological polar surface area (TPSA) is 64.0 Å². The number of carbonyl (C=O) groups excluding carboxylic acids is 1. The van der Waals surface area contributed by atoms with E-state index < -0.39 is 0 Å². The van der Waals surface area contributed by atoms with Crippen LogP contribution >= 0.6 is 11.8 Å². The summed E-state index contributed by atoms with van der Waals surface area (Å²) in [6.07, 6.45) is 0. The molecule has 6 heteroatoms. The van der Waals surface area contributed by atoms with Crippen LogP contribution in [-0.4, -0.2) is 21.2 Å². The second kappa shape index (κ2) is 9.83. The number of hydrogen-bond acceptors (Lipinski definition) is 4. The van der Waals surface area contributed by atoms with Gasteiger partial charge >= 0.3 is 0 Å². The molecule has 0 saturated heterocycles. The van der Waals surface area contributed by atoms with E-state index >= 15 is 0 Å². The molecule has 1 heterocycles. The average Bonchev–Trinajstić information content (AvgIpc) is 2.80. The fraction of sp³-hybridized carbons (Fsp3) is 0.192. The summed E-state index contributed by atoms with van der Waals surface area (Å²) in [5.41, 5.74) is 5.77. The maximum atomic E-state index is 13.2. The highest BCUT2D eigenvalue weighted by Crippen LogP contribution is 2.18. The number of fused-ring (bicyclic) bond motifs is 1. The lowest BCUT2D eigenvalue weighted by molar-refractivity contribution is -0.118. The Hall–Kier alpha value is -3.38. The molecule has 0 saturated carbocycles. The van der Waals surface area contributed by atoms with E-state index in [2.05, 4.69) is 10.3 Å². The van der Waals surface area contributed by atoms with Crippen molar-refractivity contribution in [1.29, 1.82) is 0 Å². The standard InChI is InChI=1S/C26H25N3O2S/c1-18-11-13-20(14-12-18)16-29-23-10-6-5-9-22(23)28-25(26(29)31)32-17-24(30)27-15-21-8-4-3-7-19(21)2/h3-14H,15-17H2,1-2H3,(H,27,30). The Morgan fingerprint density at radius 2 is 1.69 bits per heavy atom. The highest BCUT2D eigenvalue weighted by atomic mass is 32.2. The van der Waals surface area contributed by atoms with Crippen LogP contribution in [-0.2, 0) is 17.9 Å².